The second-order valence-electron chi connectivity index (χ2n) is 5.17. The fraction of sp³-hybridized carbons (Fsp3) is 0.917. The van der Waals surface area contributed by atoms with Gasteiger partial charge in [-0.05, 0) is 39.0 Å². The normalized spacial score (nSPS) is 37.9. The molecule has 3 unspecified atom stereocenters. The van der Waals surface area contributed by atoms with Crippen LogP contribution in [-0.2, 0) is 4.79 Å². The van der Waals surface area contributed by atoms with E-state index in [9.17, 15) is 4.79 Å². The first-order valence-electron chi connectivity index (χ1n) is 6.47. The maximum absolute atomic E-state index is 12.0. The minimum absolute atomic E-state index is 0.0880. The first-order chi connectivity index (χ1) is 7.68. The van der Waals surface area contributed by atoms with Crippen LogP contribution in [0.3, 0.4) is 0 Å². The number of hydrogen-bond acceptors (Lipinski definition) is 3. The Bertz CT molecular complexity index is 257. The second kappa shape index (κ2) is 5.15. The van der Waals surface area contributed by atoms with E-state index in [0.29, 0.717) is 12.1 Å². The fourth-order valence-electron chi connectivity index (χ4n) is 2.93. The summed E-state index contributed by atoms with van der Waals surface area (Å²) in [7, 11) is 0. The molecule has 1 amide bonds. The third-order valence-electron chi connectivity index (χ3n) is 3.87. The molecule has 4 heteroatoms. The molecule has 0 aromatic carbocycles. The standard InChI is InChI=1S/C12H23N3O/c1-9-8-10(13)5-7-15(9)11-4-2-3-6-14-12(11)16/h9-11H,2-8,13H2,1H3,(H,14,16). The molecule has 0 aromatic rings. The molecule has 2 rings (SSSR count). The van der Waals surface area contributed by atoms with Crippen molar-refractivity contribution in [1.82, 2.24) is 10.2 Å². The summed E-state index contributed by atoms with van der Waals surface area (Å²) in [5.74, 6) is 0.222. The summed E-state index contributed by atoms with van der Waals surface area (Å²) in [6, 6.07) is 0.850. The average molecular weight is 225 g/mol. The molecule has 2 fully saturated rings. The van der Waals surface area contributed by atoms with Gasteiger partial charge in [0.05, 0.1) is 6.04 Å². The van der Waals surface area contributed by atoms with Crippen molar-refractivity contribution in [1.29, 1.82) is 0 Å². The molecule has 4 nitrogen and oxygen atoms in total. The molecule has 2 saturated heterocycles. The minimum Gasteiger partial charge on any atom is -0.355 e. The number of nitrogens with zero attached hydrogens (tertiary/aromatic N) is 1. The van der Waals surface area contributed by atoms with Gasteiger partial charge in [-0.1, -0.05) is 0 Å². The van der Waals surface area contributed by atoms with E-state index in [1.165, 1.54) is 0 Å². The van der Waals surface area contributed by atoms with Gasteiger partial charge < -0.3 is 11.1 Å². The number of nitrogens with two attached hydrogens (primary N) is 1. The quantitative estimate of drug-likeness (QED) is 0.682. The van der Waals surface area contributed by atoms with E-state index >= 15 is 0 Å². The molecule has 3 atom stereocenters. The second-order valence-corrected chi connectivity index (χ2v) is 5.17. The Morgan fingerprint density at radius 3 is 2.94 bits per heavy atom. The van der Waals surface area contributed by atoms with Gasteiger partial charge in [0.15, 0.2) is 0 Å². The number of hydrogen-bond donors (Lipinski definition) is 2. The number of carbonyl (C=O) groups excluding carboxylic acids is 1. The first kappa shape index (κ1) is 11.9. The zero-order chi connectivity index (χ0) is 11.5. The molecule has 0 aliphatic carbocycles. The molecular formula is C12H23N3O. The number of rotatable bonds is 1. The highest BCUT2D eigenvalue weighted by Gasteiger charge is 2.33. The van der Waals surface area contributed by atoms with Gasteiger partial charge in [0, 0.05) is 25.2 Å². The monoisotopic (exact) mass is 225 g/mol. The molecule has 0 radical (unpaired) electrons. The topological polar surface area (TPSA) is 58.4 Å². The van der Waals surface area contributed by atoms with Crippen LogP contribution in [0.25, 0.3) is 0 Å². The van der Waals surface area contributed by atoms with Crippen LogP contribution in [0.5, 0.6) is 0 Å². The summed E-state index contributed by atoms with van der Waals surface area (Å²) in [4.78, 5) is 14.3. The molecule has 2 aliphatic rings. The predicted octanol–water partition coefficient (Wildman–Crippen LogP) is 0.467. The van der Waals surface area contributed by atoms with Crippen molar-refractivity contribution in [2.75, 3.05) is 13.1 Å². The maximum atomic E-state index is 12.0. The molecule has 0 aromatic heterocycles. The van der Waals surface area contributed by atoms with Crippen molar-refractivity contribution in [2.45, 2.75) is 57.2 Å². The van der Waals surface area contributed by atoms with E-state index in [1.807, 2.05) is 0 Å². The maximum Gasteiger partial charge on any atom is 0.237 e. The van der Waals surface area contributed by atoms with Gasteiger partial charge in [-0.15, -0.1) is 0 Å². The molecular weight excluding hydrogens is 202 g/mol. The van der Waals surface area contributed by atoms with E-state index in [0.717, 1.165) is 45.2 Å². The number of piperidine rings is 1. The SMILES string of the molecule is CC1CC(N)CCN1C1CCCCNC1=O. The lowest BCUT2D eigenvalue weighted by molar-refractivity contribution is -0.127. The van der Waals surface area contributed by atoms with Crippen molar-refractivity contribution >= 4 is 5.91 Å². The van der Waals surface area contributed by atoms with Crippen LogP contribution in [0.15, 0.2) is 0 Å². The molecule has 16 heavy (non-hydrogen) atoms. The van der Waals surface area contributed by atoms with Crippen molar-refractivity contribution in [3.05, 3.63) is 0 Å². The summed E-state index contributed by atoms with van der Waals surface area (Å²) in [5.41, 5.74) is 5.96. The van der Waals surface area contributed by atoms with Crippen molar-refractivity contribution in [2.24, 2.45) is 5.73 Å². The third kappa shape index (κ3) is 2.55. The predicted molar refractivity (Wildman–Crippen MR) is 64.0 cm³/mol. The van der Waals surface area contributed by atoms with Gasteiger partial charge >= 0.3 is 0 Å². The van der Waals surface area contributed by atoms with Crippen LogP contribution < -0.4 is 11.1 Å². The van der Waals surface area contributed by atoms with Crippen LogP contribution in [0.1, 0.15) is 39.0 Å². The molecule has 2 heterocycles. The van der Waals surface area contributed by atoms with Gasteiger partial charge in [0.2, 0.25) is 5.91 Å². The smallest absolute Gasteiger partial charge is 0.237 e. The largest absolute Gasteiger partial charge is 0.355 e. The van der Waals surface area contributed by atoms with Crippen LogP contribution in [0.4, 0.5) is 0 Å². The van der Waals surface area contributed by atoms with Crippen molar-refractivity contribution in [3.63, 3.8) is 0 Å². The van der Waals surface area contributed by atoms with Crippen LogP contribution in [0, 0.1) is 0 Å². The minimum atomic E-state index is 0.0880. The zero-order valence-corrected chi connectivity index (χ0v) is 10.1. The lowest BCUT2D eigenvalue weighted by Gasteiger charge is -2.40. The van der Waals surface area contributed by atoms with Crippen LogP contribution >= 0.6 is 0 Å². The van der Waals surface area contributed by atoms with Crippen molar-refractivity contribution < 1.29 is 4.79 Å². The van der Waals surface area contributed by atoms with Gasteiger partial charge in [-0.2, -0.15) is 0 Å². The summed E-state index contributed by atoms with van der Waals surface area (Å²) in [5, 5.41) is 3.01. The average Bonchev–Trinajstić information content (AvgIpc) is 2.44. The third-order valence-corrected chi connectivity index (χ3v) is 3.87. The fourth-order valence-corrected chi connectivity index (χ4v) is 2.93. The lowest BCUT2D eigenvalue weighted by atomic mass is 9.95. The Balaban J connectivity index is 2.01. The Kier molecular flexibility index (Phi) is 3.82. The van der Waals surface area contributed by atoms with E-state index in [-0.39, 0.29) is 11.9 Å². The van der Waals surface area contributed by atoms with E-state index in [2.05, 4.69) is 17.1 Å². The lowest BCUT2D eigenvalue weighted by Crippen LogP contribution is -2.54. The van der Waals surface area contributed by atoms with Crippen LogP contribution in [-0.4, -0.2) is 42.0 Å². The number of amides is 1. The summed E-state index contributed by atoms with van der Waals surface area (Å²) in [6.45, 7) is 4.01. The highest BCUT2D eigenvalue weighted by molar-refractivity contribution is 5.82. The summed E-state index contributed by atoms with van der Waals surface area (Å²) >= 11 is 0. The van der Waals surface area contributed by atoms with Gasteiger partial charge in [-0.3, -0.25) is 9.69 Å². The molecule has 0 spiro atoms. The van der Waals surface area contributed by atoms with Gasteiger partial charge in [0.25, 0.3) is 0 Å². The summed E-state index contributed by atoms with van der Waals surface area (Å²) in [6.07, 6.45) is 5.31. The zero-order valence-electron chi connectivity index (χ0n) is 10.1. The molecule has 3 N–H and O–H groups in total. The Morgan fingerprint density at radius 1 is 1.38 bits per heavy atom. The Labute approximate surface area is 97.6 Å². The van der Waals surface area contributed by atoms with Crippen LogP contribution in [0.2, 0.25) is 0 Å². The van der Waals surface area contributed by atoms with E-state index in [4.69, 9.17) is 5.73 Å². The Morgan fingerprint density at radius 2 is 2.19 bits per heavy atom. The molecule has 2 aliphatic heterocycles. The van der Waals surface area contributed by atoms with E-state index in [1.54, 1.807) is 0 Å². The highest BCUT2D eigenvalue weighted by Crippen LogP contribution is 2.22. The van der Waals surface area contributed by atoms with Gasteiger partial charge in [-0.25, -0.2) is 0 Å². The number of likely N-dealkylation sites (tertiary alicyclic amines) is 1. The van der Waals surface area contributed by atoms with Crippen molar-refractivity contribution in [3.8, 4) is 0 Å². The highest BCUT2D eigenvalue weighted by atomic mass is 16.2. The van der Waals surface area contributed by atoms with Gasteiger partial charge in [0.1, 0.15) is 0 Å². The molecule has 0 saturated carbocycles. The first-order valence-corrected chi connectivity index (χ1v) is 6.47. The number of nitrogens with one attached hydrogen (secondary N) is 1. The number of carbonyl (C=O) groups is 1. The Hall–Kier alpha value is -0.610. The molecule has 92 valence electrons. The summed E-state index contributed by atoms with van der Waals surface area (Å²) < 4.78 is 0. The molecule has 0 bridgehead atoms. The van der Waals surface area contributed by atoms with E-state index < -0.39 is 0 Å².